The van der Waals surface area contributed by atoms with Crippen molar-refractivity contribution in [2.75, 3.05) is 6.61 Å². The average molecular weight is 693 g/mol. The molecule has 2 aromatic heterocycles. The van der Waals surface area contributed by atoms with Gasteiger partial charge in [-0.2, -0.15) is 4.98 Å². The summed E-state index contributed by atoms with van der Waals surface area (Å²) in [5.41, 5.74) is 3.34. The summed E-state index contributed by atoms with van der Waals surface area (Å²) in [5, 5.41) is 0.0319. The average Bonchev–Trinajstić information content (AvgIpc) is 3.82. The van der Waals surface area contributed by atoms with E-state index in [9.17, 15) is 4.79 Å². The number of fused-ring (bicyclic) bond motifs is 2. The summed E-state index contributed by atoms with van der Waals surface area (Å²) >= 11 is 0. The Balaban J connectivity index is 1.18. The SMILES string of the molecule is CC(C)(C)[Si](C)(C)OC[C@H]1O[C@@H](n2cnc3c(=O)[nH]c(/N=C/N(Cc4ccccc4)Cc4ccccc4)nc32)[C@@H]2OC(c3ccccc3)O[C@@H]21. The van der Waals surface area contributed by atoms with Gasteiger partial charge >= 0.3 is 0 Å². The van der Waals surface area contributed by atoms with Gasteiger partial charge in [0.15, 0.2) is 32.0 Å². The number of ether oxygens (including phenoxy) is 3. The lowest BCUT2D eigenvalue weighted by Gasteiger charge is -2.37. The van der Waals surface area contributed by atoms with Gasteiger partial charge in [-0.05, 0) is 29.3 Å². The van der Waals surface area contributed by atoms with E-state index in [-0.39, 0.29) is 16.5 Å². The fourth-order valence-electron chi connectivity index (χ4n) is 6.04. The van der Waals surface area contributed by atoms with Crippen LogP contribution in [0.5, 0.6) is 0 Å². The number of aromatic amines is 1. The first kappa shape index (κ1) is 34.0. The molecule has 2 saturated heterocycles. The molecule has 3 aromatic carbocycles. The van der Waals surface area contributed by atoms with E-state index in [4.69, 9.17) is 23.6 Å². The number of H-pyrrole nitrogens is 1. The minimum Gasteiger partial charge on any atom is -0.414 e. The van der Waals surface area contributed by atoms with Crippen LogP contribution in [0.25, 0.3) is 11.2 Å². The van der Waals surface area contributed by atoms with Crippen LogP contribution in [0.1, 0.15) is 50.0 Å². The van der Waals surface area contributed by atoms with Crippen molar-refractivity contribution in [1.82, 2.24) is 24.4 Å². The zero-order chi connectivity index (χ0) is 34.9. The molecule has 12 heteroatoms. The van der Waals surface area contributed by atoms with Crippen LogP contribution < -0.4 is 5.56 Å². The Kier molecular flexibility index (Phi) is 9.55. The van der Waals surface area contributed by atoms with Crippen molar-refractivity contribution in [3.63, 3.8) is 0 Å². The van der Waals surface area contributed by atoms with Crippen LogP contribution in [-0.2, 0) is 31.7 Å². The molecule has 260 valence electrons. The van der Waals surface area contributed by atoms with Gasteiger partial charge in [-0.1, -0.05) is 112 Å². The van der Waals surface area contributed by atoms with Crippen LogP contribution in [0.3, 0.4) is 0 Å². The van der Waals surface area contributed by atoms with Gasteiger partial charge in [0.05, 0.1) is 19.3 Å². The Morgan fingerprint density at radius 1 is 0.900 bits per heavy atom. The molecule has 7 rings (SSSR count). The van der Waals surface area contributed by atoms with Crippen molar-refractivity contribution in [3.8, 4) is 0 Å². The monoisotopic (exact) mass is 692 g/mol. The summed E-state index contributed by atoms with van der Waals surface area (Å²) < 4.78 is 28.1. The molecule has 2 fully saturated rings. The lowest BCUT2D eigenvalue weighted by atomic mass is 10.1. The maximum atomic E-state index is 13.3. The van der Waals surface area contributed by atoms with Crippen LogP contribution in [0.15, 0.2) is 107 Å². The molecule has 0 radical (unpaired) electrons. The molecule has 1 N–H and O–H groups in total. The summed E-state index contributed by atoms with van der Waals surface area (Å²) in [6.45, 7) is 12.7. The third-order valence-electron chi connectivity index (χ3n) is 9.83. The van der Waals surface area contributed by atoms with Crippen molar-refractivity contribution in [2.45, 2.75) is 82.8 Å². The third kappa shape index (κ3) is 7.21. The molecule has 50 heavy (non-hydrogen) atoms. The normalized spacial score (nSPS) is 22.4. The number of nitrogens with zero attached hydrogens (tertiary/aromatic N) is 5. The fraction of sp³-hybridized carbons (Fsp3) is 0.368. The third-order valence-corrected chi connectivity index (χ3v) is 14.3. The van der Waals surface area contributed by atoms with Crippen molar-refractivity contribution in [2.24, 2.45) is 4.99 Å². The van der Waals surface area contributed by atoms with E-state index in [0.717, 1.165) is 16.7 Å². The number of rotatable bonds is 11. The lowest BCUT2D eigenvalue weighted by molar-refractivity contribution is -0.152. The predicted octanol–water partition coefficient (Wildman–Crippen LogP) is 6.88. The highest BCUT2D eigenvalue weighted by Crippen LogP contribution is 2.45. The highest BCUT2D eigenvalue weighted by molar-refractivity contribution is 6.74. The number of aromatic nitrogens is 4. The van der Waals surface area contributed by atoms with E-state index in [0.29, 0.717) is 25.3 Å². The van der Waals surface area contributed by atoms with E-state index in [1.807, 2.05) is 66.7 Å². The first-order valence-corrected chi connectivity index (χ1v) is 19.9. The maximum Gasteiger partial charge on any atom is 0.280 e. The lowest BCUT2D eigenvalue weighted by Crippen LogP contribution is -2.44. The Hall–Kier alpha value is -4.46. The fourth-order valence-corrected chi connectivity index (χ4v) is 7.05. The molecule has 2 aliphatic heterocycles. The molecule has 2 aliphatic rings. The molecule has 0 amide bonds. The number of imidazole rings is 1. The summed E-state index contributed by atoms with van der Waals surface area (Å²) in [7, 11) is -2.09. The van der Waals surface area contributed by atoms with Crippen LogP contribution >= 0.6 is 0 Å². The Morgan fingerprint density at radius 3 is 2.12 bits per heavy atom. The molecular formula is C38H44N6O5Si. The van der Waals surface area contributed by atoms with Crippen molar-refractivity contribution in [1.29, 1.82) is 0 Å². The van der Waals surface area contributed by atoms with Crippen LogP contribution in [-0.4, -0.2) is 64.0 Å². The van der Waals surface area contributed by atoms with E-state index in [1.54, 1.807) is 17.2 Å². The number of hydrogen-bond donors (Lipinski definition) is 1. The van der Waals surface area contributed by atoms with Gasteiger partial charge in [-0.3, -0.25) is 14.3 Å². The second kappa shape index (κ2) is 14.0. The van der Waals surface area contributed by atoms with Crippen LogP contribution in [0.2, 0.25) is 18.1 Å². The molecule has 5 aromatic rings. The van der Waals surface area contributed by atoms with E-state index < -0.39 is 44.7 Å². The minimum atomic E-state index is -2.09. The maximum absolute atomic E-state index is 13.3. The van der Waals surface area contributed by atoms with Gasteiger partial charge in [0.2, 0.25) is 5.95 Å². The molecule has 0 saturated carbocycles. The second-order valence-electron chi connectivity index (χ2n) is 14.4. The van der Waals surface area contributed by atoms with Gasteiger partial charge in [-0.15, -0.1) is 0 Å². The zero-order valence-corrected chi connectivity index (χ0v) is 30.1. The van der Waals surface area contributed by atoms with E-state index >= 15 is 0 Å². The Labute approximate surface area is 293 Å². The van der Waals surface area contributed by atoms with Gasteiger partial charge < -0.3 is 23.5 Å². The zero-order valence-electron chi connectivity index (χ0n) is 29.1. The first-order valence-electron chi connectivity index (χ1n) is 17.0. The Bertz CT molecular complexity index is 1940. The molecule has 11 nitrogen and oxygen atoms in total. The van der Waals surface area contributed by atoms with Crippen LogP contribution in [0.4, 0.5) is 5.95 Å². The number of nitrogens with one attached hydrogen (secondary N) is 1. The van der Waals surface area contributed by atoms with Crippen molar-refractivity contribution < 1.29 is 18.6 Å². The predicted molar refractivity (Wildman–Crippen MR) is 194 cm³/mol. The molecule has 5 atom stereocenters. The number of aliphatic imine (C=N–C) groups is 1. The standard InChI is InChI=1S/C38H44N6O5Si/c1-38(2,3)50(4,5)46-23-29-31-32(49-36(48-31)28-19-13-8-14-20-28)35(47-29)44-25-39-30-33(44)41-37(42-34(30)45)40-24-43(21-26-15-9-6-10-16-26)22-27-17-11-7-12-18-27/h6-20,24-25,29,31-32,35-36H,21-23H2,1-5H3,(H,41,42,45)/b40-24+/t29-,31-,32-,35-,36?/m1/s1. The summed E-state index contributed by atoms with van der Waals surface area (Å²) in [4.78, 5) is 32.1. The molecular weight excluding hydrogens is 649 g/mol. The number of benzene rings is 3. The van der Waals surface area contributed by atoms with Crippen LogP contribution in [0, 0.1) is 0 Å². The molecule has 1 unspecified atom stereocenters. The molecule has 0 spiro atoms. The summed E-state index contributed by atoms with van der Waals surface area (Å²) in [6.07, 6.45) is 0.761. The second-order valence-corrected chi connectivity index (χ2v) is 19.2. The first-order chi connectivity index (χ1) is 24.1. The highest BCUT2D eigenvalue weighted by atomic mass is 28.4. The van der Waals surface area contributed by atoms with Gasteiger partial charge in [0, 0.05) is 18.7 Å². The number of hydrogen-bond acceptors (Lipinski definition) is 8. The minimum absolute atomic E-state index is 0.0319. The smallest absolute Gasteiger partial charge is 0.280 e. The largest absolute Gasteiger partial charge is 0.414 e. The van der Waals surface area contributed by atoms with Gasteiger partial charge in [0.25, 0.3) is 5.56 Å². The van der Waals surface area contributed by atoms with Crippen molar-refractivity contribution in [3.05, 3.63) is 124 Å². The topological polar surface area (TPSA) is 116 Å². The Morgan fingerprint density at radius 2 is 1.50 bits per heavy atom. The van der Waals surface area contributed by atoms with Gasteiger partial charge in [0.1, 0.15) is 18.3 Å². The molecule has 0 aliphatic carbocycles. The quantitative estimate of drug-likeness (QED) is 0.0905. The van der Waals surface area contributed by atoms with Crippen molar-refractivity contribution >= 4 is 31.8 Å². The van der Waals surface area contributed by atoms with E-state index in [2.05, 4.69) is 78.0 Å². The molecule has 4 heterocycles. The highest BCUT2D eigenvalue weighted by Gasteiger charge is 2.54. The van der Waals surface area contributed by atoms with Gasteiger partial charge in [-0.25, -0.2) is 9.98 Å². The molecule has 0 bridgehead atoms. The summed E-state index contributed by atoms with van der Waals surface area (Å²) in [5.74, 6) is 0.161. The summed E-state index contributed by atoms with van der Waals surface area (Å²) in [6, 6.07) is 30.2. The van der Waals surface area contributed by atoms with E-state index in [1.165, 1.54) is 0 Å².